The van der Waals surface area contributed by atoms with E-state index in [0.29, 0.717) is 5.69 Å². The molecule has 55 heavy (non-hydrogen) atoms. The Hall–Kier alpha value is -7.30. The quantitative estimate of drug-likeness (QED) is 0.116. The van der Waals surface area contributed by atoms with Gasteiger partial charge in [-0.05, 0) is 99.3 Å². The van der Waals surface area contributed by atoms with Crippen molar-refractivity contribution in [3.05, 3.63) is 211 Å². The van der Waals surface area contributed by atoms with Crippen LogP contribution in [-0.2, 0) is 0 Å². The minimum absolute atomic E-state index is 0.293. The largest absolute Gasteiger partial charge is 0.309 e. The second-order valence-corrected chi connectivity index (χ2v) is 13.8. The second-order valence-electron chi connectivity index (χ2n) is 13.8. The molecule has 10 rings (SSSR count). The van der Waals surface area contributed by atoms with Gasteiger partial charge in [-0.15, -0.1) is 0 Å². The molecule has 0 spiro atoms. The summed E-state index contributed by atoms with van der Waals surface area (Å²) in [6.45, 7) is 0. The highest BCUT2D eigenvalue weighted by molar-refractivity contribution is 6.25. The predicted octanol–water partition coefficient (Wildman–Crippen LogP) is 13.9. The van der Waals surface area contributed by atoms with E-state index in [4.69, 9.17) is 0 Å². The first kappa shape index (κ1) is 32.4. The molecule has 0 N–H and O–H groups in total. The molecule has 2 heterocycles. The molecule has 0 aliphatic rings. The summed E-state index contributed by atoms with van der Waals surface area (Å²) in [5.41, 5.74) is 11.5. The van der Waals surface area contributed by atoms with Crippen LogP contribution in [0.25, 0.3) is 72.7 Å². The summed E-state index contributed by atoms with van der Waals surface area (Å²) in [6.07, 6.45) is 8.04. The van der Waals surface area contributed by atoms with Gasteiger partial charge in [-0.1, -0.05) is 133 Å². The Balaban J connectivity index is 1.06. The Morgan fingerprint density at radius 1 is 0.509 bits per heavy atom. The van der Waals surface area contributed by atoms with Gasteiger partial charge in [0.25, 0.3) is 0 Å². The number of halogens is 1. The molecule has 0 saturated carbocycles. The lowest BCUT2D eigenvalue weighted by Crippen LogP contribution is -2.13. The molecule has 0 aliphatic carbocycles. The van der Waals surface area contributed by atoms with Crippen molar-refractivity contribution < 1.29 is 4.39 Å². The number of rotatable bonds is 8. The second kappa shape index (κ2) is 13.6. The molecule has 0 aliphatic heterocycles. The fourth-order valence-corrected chi connectivity index (χ4v) is 7.99. The third kappa shape index (κ3) is 5.72. The van der Waals surface area contributed by atoms with Gasteiger partial charge in [-0.2, -0.15) is 0 Å². The lowest BCUT2D eigenvalue weighted by molar-refractivity contribution is 0.630. The molecule has 2 aromatic heterocycles. The smallest absolute Gasteiger partial charge is 0.148 e. The Labute approximate surface area is 318 Å². The number of anilines is 3. The Morgan fingerprint density at radius 3 is 1.93 bits per heavy atom. The van der Waals surface area contributed by atoms with E-state index in [-0.39, 0.29) is 5.82 Å². The van der Waals surface area contributed by atoms with Gasteiger partial charge in [0.1, 0.15) is 5.82 Å². The van der Waals surface area contributed by atoms with Crippen molar-refractivity contribution >= 4 is 61.8 Å². The van der Waals surface area contributed by atoms with Crippen LogP contribution < -0.4 is 4.90 Å². The maximum Gasteiger partial charge on any atom is 0.148 e. The van der Waals surface area contributed by atoms with Gasteiger partial charge in [0, 0.05) is 45.8 Å². The average molecular weight is 708 g/mol. The minimum atomic E-state index is -0.293. The summed E-state index contributed by atoms with van der Waals surface area (Å²) in [5, 5.41) is 4.96. The van der Waals surface area contributed by atoms with Crippen LogP contribution in [0, 0.1) is 5.82 Å². The minimum Gasteiger partial charge on any atom is -0.309 e. The highest BCUT2D eigenvalue weighted by Crippen LogP contribution is 2.45. The number of hydrogen-bond donors (Lipinski definition) is 0. The van der Waals surface area contributed by atoms with Crippen LogP contribution in [0.1, 0.15) is 11.1 Å². The van der Waals surface area contributed by atoms with E-state index < -0.39 is 0 Å². The number of nitrogens with zero attached hydrogens (tertiary/aromatic N) is 3. The molecule has 4 heteroatoms. The van der Waals surface area contributed by atoms with Crippen molar-refractivity contribution in [2.24, 2.45) is 0 Å². The van der Waals surface area contributed by atoms with Crippen LogP contribution in [0.3, 0.4) is 0 Å². The average Bonchev–Trinajstić information content (AvgIpc) is 3.60. The van der Waals surface area contributed by atoms with Gasteiger partial charge in [0.2, 0.25) is 0 Å². The fourth-order valence-electron chi connectivity index (χ4n) is 7.99. The maximum absolute atomic E-state index is 16.8. The first-order chi connectivity index (χ1) is 27.2. The van der Waals surface area contributed by atoms with E-state index in [1.165, 1.54) is 32.6 Å². The summed E-state index contributed by atoms with van der Waals surface area (Å²) in [7, 11) is 0. The van der Waals surface area contributed by atoms with E-state index in [1.807, 2.05) is 108 Å². The lowest BCUT2D eigenvalue weighted by atomic mass is 9.95. The van der Waals surface area contributed by atoms with Crippen molar-refractivity contribution in [3.8, 4) is 27.9 Å². The van der Waals surface area contributed by atoms with Gasteiger partial charge < -0.3 is 9.47 Å². The molecule has 0 amide bonds. The third-order valence-electron chi connectivity index (χ3n) is 10.5. The zero-order valence-electron chi connectivity index (χ0n) is 29.8. The number of para-hydroxylation sites is 1. The van der Waals surface area contributed by atoms with E-state index in [1.54, 1.807) is 6.07 Å². The number of hydrogen-bond acceptors (Lipinski definition) is 2. The molecule has 8 aromatic carbocycles. The topological polar surface area (TPSA) is 21.1 Å². The first-order valence-electron chi connectivity index (χ1n) is 18.5. The first-order valence-corrected chi connectivity index (χ1v) is 18.5. The maximum atomic E-state index is 16.8. The van der Waals surface area contributed by atoms with E-state index in [2.05, 4.69) is 107 Å². The van der Waals surface area contributed by atoms with Crippen molar-refractivity contribution in [1.82, 2.24) is 9.55 Å². The zero-order valence-corrected chi connectivity index (χ0v) is 29.8. The monoisotopic (exact) mass is 707 g/mol. The van der Waals surface area contributed by atoms with Crippen molar-refractivity contribution in [2.45, 2.75) is 0 Å². The molecule has 0 bridgehead atoms. The molecule has 0 saturated heterocycles. The molecular weight excluding hydrogens is 674 g/mol. The standard InChI is InChI=1S/C51H34FN3/c52-46-34-40(36-11-4-1-5-12-36)33-45(37-13-6-2-7-14-37)51(46)54(41-16-8-3-9-17-41)42-25-20-35(21-26-42)19-22-38-24-28-48-50-44(38)27-23-39-15-10-18-47(49(39)50)55(48)43-29-31-53-32-30-43/h1-34H/b22-19+. The summed E-state index contributed by atoms with van der Waals surface area (Å²) in [4.78, 5) is 6.28. The van der Waals surface area contributed by atoms with Gasteiger partial charge in [-0.3, -0.25) is 4.98 Å². The lowest BCUT2D eigenvalue weighted by Gasteiger charge is -2.29. The Bertz CT molecular complexity index is 2950. The van der Waals surface area contributed by atoms with Gasteiger partial charge in [-0.25, -0.2) is 4.39 Å². The molecular formula is C51H34FN3. The summed E-state index contributed by atoms with van der Waals surface area (Å²) < 4.78 is 19.1. The Kier molecular flexibility index (Phi) is 8.00. The van der Waals surface area contributed by atoms with Crippen molar-refractivity contribution in [2.75, 3.05) is 4.90 Å². The highest BCUT2D eigenvalue weighted by Gasteiger charge is 2.23. The fraction of sp³-hybridized carbons (Fsp3) is 0. The number of benzene rings is 8. The molecule has 260 valence electrons. The van der Waals surface area contributed by atoms with Crippen LogP contribution in [-0.4, -0.2) is 9.55 Å². The van der Waals surface area contributed by atoms with E-state index in [9.17, 15) is 0 Å². The molecule has 10 aromatic rings. The van der Waals surface area contributed by atoms with Crippen LogP contribution in [0.2, 0.25) is 0 Å². The van der Waals surface area contributed by atoms with Crippen molar-refractivity contribution in [1.29, 1.82) is 0 Å². The highest BCUT2D eigenvalue weighted by atomic mass is 19.1. The van der Waals surface area contributed by atoms with Crippen LogP contribution >= 0.6 is 0 Å². The molecule has 3 nitrogen and oxygen atoms in total. The van der Waals surface area contributed by atoms with Crippen LogP contribution in [0.4, 0.5) is 21.5 Å². The van der Waals surface area contributed by atoms with Crippen LogP contribution in [0.5, 0.6) is 0 Å². The summed E-state index contributed by atoms with van der Waals surface area (Å²) in [5.74, 6) is -0.293. The third-order valence-corrected chi connectivity index (χ3v) is 10.5. The number of pyridine rings is 1. The predicted molar refractivity (Wildman–Crippen MR) is 228 cm³/mol. The molecule has 0 atom stereocenters. The van der Waals surface area contributed by atoms with Gasteiger partial charge in [0.05, 0.1) is 16.7 Å². The molecule has 0 radical (unpaired) electrons. The van der Waals surface area contributed by atoms with E-state index >= 15 is 4.39 Å². The van der Waals surface area contributed by atoms with Crippen molar-refractivity contribution in [3.63, 3.8) is 0 Å². The molecule has 0 fully saturated rings. The zero-order chi connectivity index (χ0) is 36.7. The Morgan fingerprint density at radius 2 is 1.18 bits per heavy atom. The van der Waals surface area contributed by atoms with Gasteiger partial charge >= 0.3 is 0 Å². The van der Waals surface area contributed by atoms with E-state index in [0.717, 1.165) is 50.4 Å². The SMILES string of the molecule is Fc1cc(-c2ccccc2)cc(-c2ccccc2)c1N(c1ccccc1)c1ccc(/C=C/c2ccc3c4c2ccc2cccc(c24)n3-c2ccncc2)cc1. The van der Waals surface area contributed by atoms with Gasteiger partial charge in [0.15, 0.2) is 0 Å². The normalized spacial score (nSPS) is 11.7. The molecule has 0 unspecified atom stereocenters. The summed E-state index contributed by atoms with van der Waals surface area (Å²) in [6, 6.07) is 61.7. The number of aromatic nitrogens is 2. The van der Waals surface area contributed by atoms with Crippen LogP contribution in [0.15, 0.2) is 194 Å². The summed E-state index contributed by atoms with van der Waals surface area (Å²) >= 11 is 0.